The highest BCUT2D eigenvalue weighted by atomic mass is 19.1. The number of anilines is 1. The van der Waals surface area contributed by atoms with Gasteiger partial charge < -0.3 is 10.1 Å². The summed E-state index contributed by atoms with van der Waals surface area (Å²) in [5.74, 6) is -3.05. The first kappa shape index (κ1) is 17.4. The van der Waals surface area contributed by atoms with Crippen LogP contribution >= 0.6 is 0 Å². The number of methoxy groups -OCH3 is 1. The quantitative estimate of drug-likeness (QED) is 0.840. The highest BCUT2D eigenvalue weighted by molar-refractivity contribution is 6.02. The Bertz CT molecular complexity index is 994. The number of nitrogens with one attached hydrogen (secondary N) is 1. The molecule has 1 aromatic heterocycles. The second-order valence-corrected chi connectivity index (χ2v) is 5.89. The molecule has 0 bridgehead atoms. The number of esters is 1. The van der Waals surface area contributed by atoms with Crippen LogP contribution in [0.5, 0.6) is 0 Å². The Morgan fingerprint density at radius 3 is 2.77 bits per heavy atom. The molecular formula is C18H14FN3O4. The van der Waals surface area contributed by atoms with Crippen molar-refractivity contribution in [3.63, 3.8) is 0 Å². The normalized spacial score (nSPS) is 20.7. The molecule has 1 aliphatic carbocycles. The van der Waals surface area contributed by atoms with E-state index in [2.05, 4.69) is 10.1 Å². The molecule has 1 saturated carbocycles. The maximum absolute atomic E-state index is 14.3. The lowest BCUT2D eigenvalue weighted by molar-refractivity contribution is -0.146. The molecule has 0 aliphatic heterocycles. The van der Waals surface area contributed by atoms with Crippen molar-refractivity contribution in [1.29, 1.82) is 5.26 Å². The van der Waals surface area contributed by atoms with E-state index in [0.29, 0.717) is 5.69 Å². The van der Waals surface area contributed by atoms with Gasteiger partial charge in [-0.15, -0.1) is 0 Å². The monoisotopic (exact) mass is 355 g/mol. The van der Waals surface area contributed by atoms with Crippen LogP contribution in [0.4, 0.5) is 10.1 Å². The van der Waals surface area contributed by atoms with Gasteiger partial charge in [-0.25, -0.2) is 4.39 Å². The average Bonchev–Trinajstić information content (AvgIpc) is 3.39. The van der Waals surface area contributed by atoms with Gasteiger partial charge in [-0.05, 0) is 24.6 Å². The van der Waals surface area contributed by atoms with Crippen molar-refractivity contribution < 1.29 is 18.7 Å². The minimum Gasteiger partial charge on any atom is -0.468 e. The maximum Gasteiger partial charge on any atom is 0.327 e. The van der Waals surface area contributed by atoms with E-state index in [4.69, 9.17) is 5.26 Å². The topological polar surface area (TPSA) is 101 Å². The number of carbonyl (C=O) groups is 2. The predicted octanol–water partition coefficient (Wildman–Crippen LogP) is 1.62. The van der Waals surface area contributed by atoms with Gasteiger partial charge in [-0.3, -0.25) is 19.0 Å². The number of aromatic nitrogens is 1. The molecule has 1 heterocycles. The number of amides is 1. The van der Waals surface area contributed by atoms with Gasteiger partial charge in [-0.2, -0.15) is 5.26 Å². The molecule has 132 valence electrons. The molecule has 1 aliphatic rings. The lowest BCUT2D eigenvalue weighted by Crippen LogP contribution is -2.25. The summed E-state index contributed by atoms with van der Waals surface area (Å²) in [6.45, 7) is 0. The summed E-state index contributed by atoms with van der Waals surface area (Å²) < 4.78 is 20.1. The first-order valence-electron chi connectivity index (χ1n) is 7.71. The summed E-state index contributed by atoms with van der Waals surface area (Å²) in [5, 5.41) is 11.5. The predicted molar refractivity (Wildman–Crippen MR) is 88.8 cm³/mol. The van der Waals surface area contributed by atoms with E-state index in [1.54, 1.807) is 18.2 Å². The standard InChI is InChI=1S/C18H14FN3O4/c1-26-17(25)18(10-20)9-12(18)16(24)21-14-6-5-11(8-13(14)19)22-7-3-2-4-15(22)23/h2-8,12H,9H2,1H3,(H,21,24)/t12-,18-/m1/s1. The molecule has 8 heteroatoms. The van der Waals surface area contributed by atoms with Crippen molar-refractivity contribution in [1.82, 2.24) is 4.57 Å². The fraction of sp³-hybridized carbons (Fsp3) is 0.222. The highest BCUT2D eigenvalue weighted by Gasteiger charge is 2.66. The maximum atomic E-state index is 14.3. The first-order chi connectivity index (χ1) is 12.4. The number of benzene rings is 1. The van der Waals surface area contributed by atoms with Gasteiger partial charge in [0.25, 0.3) is 5.56 Å². The number of hydrogen-bond acceptors (Lipinski definition) is 5. The van der Waals surface area contributed by atoms with E-state index < -0.39 is 29.0 Å². The van der Waals surface area contributed by atoms with Crippen molar-refractivity contribution >= 4 is 17.6 Å². The fourth-order valence-electron chi connectivity index (χ4n) is 2.77. The summed E-state index contributed by atoms with van der Waals surface area (Å²) in [7, 11) is 1.14. The second kappa shape index (κ2) is 6.44. The summed E-state index contributed by atoms with van der Waals surface area (Å²) >= 11 is 0. The lowest BCUT2D eigenvalue weighted by Gasteiger charge is -2.10. The van der Waals surface area contributed by atoms with E-state index in [1.807, 2.05) is 0 Å². The molecule has 1 aromatic carbocycles. The van der Waals surface area contributed by atoms with Crippen molar-refractivity contribution in [3.05, 3.63) is 58.8 Å². The zero-order valence-electron chi connectivity index (χ0n) is 13.7. The Morgan fingerprint density at radius 2 is 2.15 bits per heavy atom. The van der Waals surface area contributed by atoms with Gasteiger partial charge in [0.2, 0.25) is 5.91 Å². The third-order valence-corrected chi connectivity index (χ3v) is 4.34. The average molecular weight is 355 g/mol. The zero-order valence-corrected chi connectivity index (χ0v) is 13.7. The molecule has 26 heavy (non-hydrogen) atoms. The van der Waals surface area contributed by atoms with Crippen molar-refractivity contribution in [3.8, 4) is 11.8 Å². The van der Waals surface area contributed by atoms with Crippen LogP contribution in [-0.4, -0.2) is 23.6 Å². The Labute approximate surface area is 147 Å². The van der Waals surface area contributed by atoms with Gasteiger partial charge in [0, 0.05) is 18.3 Å². The fourth-order valence-corrected chi connectivity index (χ4v) is 2.77. The van der Waals surface area contributed by atoms with Gasteiger partial charge in [0.15, 0.2) is 5.41 Å². The number of carbonyl (C=O) groups excluding carboxylic acids is 2. The number of halogens is 1. The summed E-state index contributed by atoms with van der Waals surface area (Å²) in [4.78, 5) is 35.7. The highest BCUT2D eigenvalue weighted by Crippen LogP contribution is 2.53. The summed E-state index contributed by atoms with van der Waals surface area (Å²) in [5.41, 5.74) is -1.63. The molecule has 2 atom stereocenters. The van der Waals surface area contributed by atoms with E-state index in [-0.39, 0.29) is 17.7 Å². The van der Waals surface area contributed by atoms with E-state index in [0.717, 1.165) is 13.2 Å². The minimum atomic E-state index is -1.51. The Kier molecular flexibility index (Phi) is 4.30. The van der Waals surface area contributed by atoms with Gasteiger partial charge >= 0.3 is 5.97 Å². The SMILES string of the molecule is COC(=O)[C@@]1(C#N)C[C@@H]1C(=O)Nc1ccc(-n2ccccc2=O)cc1F. The number of ether oxygens (including phenoxy) is 1. The molecule has 2 aromatic rings. The van der Waals surface area contributed by atoms with Crippen LogP contribution in [0, 0.1) is 28.5 Å². The zero-order chi connectivity index (χ0) is 18.9. The van der Waals surface area contributed by atoms with Gasteiger partial charge in [0.1, 0.15) is 5.82 Å². The molecule has 7 nitrogen and oxygen atoms in total. The van der Waals surface area contributed by atoms with Crippen molar-refractivity contribution in [2.24, 2.45) is 11.3 Å². The molecule has 0 saturated heterocycles. The van der Waals surface area contributed by atoms with E-state index in [1.165, 1.54) is 29.0 Å². The molecular weight excluding hydrogens is 341 g/mol. The number of pyridine rings is 1. The second-order valence-electron chi connectivity index (χ2n) is 5.89. The molecule has 1 fully saturated rings. The Morgan fingerprint density at radius 1 is 1.38 bits per heavy atom. The molecule has 0 spiro atoms. The molecule has 1 N–H and O–H groups in total. The lowest BCUT2D eigenvalue weighted by atomic mass is 10.1. The van der Waals surface area contributed by atoms with Crippen LogP contribution in [-0.2, 0) is 14.3 Å². The largest absolute Gasteiger partial charge is 0.468 e. The Balaban J connectivity index is 1.79. The number of rotatable bonds is 4. The van der Waals surface area contributed by atoms with Crippen LogP contribution in [0.15, 0.2) is 47.4 Å². The molecule has 0 unspecified atom stereocenters. The van der Waals surface area contributed by atoms with Crippen molar-refractivity contribution in [2.45, 2.75) is 6.42 Å². The van der Waals surface area contributed by atoms with E-state index >= 15 is 0 Å². The molecule has 3 rings (SSSR count). The smallest absolute Gasteiger partial charge is 0.327 e. The third-order valence-electron chi connectivity index (χ3n) is 4.34. The van der Waals surface area contributed by atoms with E-state index in [9.17, 15) is 18.8 Å². The van der Waals surface area contributed by atoms with Crippen molar-refractivity contribution in [2.75, 3.05) is 12.4 Å². The number of nitriles is 1. The van der Waals surface area contributed by atoms with Crippen LogP contribution in [0.3, 0.4) is 0 Å². The summed E-state index contributed by atoms with van der Waals surface area (Å²) in [6, 6.07) is 10.3. The minimum absolute atomic E-state index is 0.0289. The number of nitrogens with zero attached hydrogens (tertiary/aromatic N) is 2. The molecule has 1 amide bonds. The molecule has 0 radical (unpaired) electrons. The Hall–Kier alpha value is -3.47. The van der Waals surface area contributed by atoms with Crippen LogP contribution in [0.25, 0.3) is 5.69 Å². The van der Waals surface area contributed by atoms with Crippen LogP contribution in [0.1, 0.15) is 6.42 Å². The van der Waals surface area contributed by atoms with Crippen LogP contribution < -0.4 is 10.9 Å². The third kappa shape index (κ3) is 2.84. The van der Waals surface area contributed by atoms with Crippen LogP contribution in [0.2, 0.25) is 0 Å². The van der Waals surface area contributed by atoms with Gasteiger partial charge in [-0.1, -0.05) is 6.07 Å². The summed E-state index contributed by atoms with van der Waals surface area (Å²) in [6.07, 6.45) is 1.53. The van der Waals surface area contributed by atoms with Gasteiger partial charge in [0.05, 0.1) is 30.5 Å². The first-order valence-corrected chi connectivity index (χ1v) is 7.71. The number of hydrogen-bond donors (Lipinski definition) is 1.